The first kappa shape index (κ1) is 13.4. The van der Waals surface area contributed by atoms with E-state index in [1.54, 1.807) is 12.1 Å². The Morgan fingerprint density at radius 3 is 2.81 bits per heavy atom. The minimum Gasteiger partial charge on any atom is -0.322 e. The third-order valence-electron chi connectivity index (χ3n) is 3.70. The van der Waals surface area contributed by atoms with Gasteiger partial charge in [0.2, 0.25) is 0 Å². The molecule has 4 nitrogen and oxygen atoms in total. The number of nitrogens with zero attached hydrogens (tertiary/aromatic N) is 2. The summed E-state index contributed by atoms with van der Waals surface area (Å²) in [5.41, 5.74) is 5.41. The number of benzene rings is 1. The van der Waals surface area contributed by atoms with Crippen LogP contribution in [0.2, 0.25) is 0 Å². The maximum absolute atomic E-state index is 12.4. The summed E-state index contributed by atoms with van der Waals surface area (Å²) in [6.45, 7) is 5.97. The number of hydrogen-bond acceptors (Lipinski definition) is 2. The van der Waals surface area contributed by atoms with Crippen molar-refractivity contribution in [1.82, 2.24) is 9.38 Å². The van der Waals surface area contributed by atoms with Gasteiger partial charge in [-0.3, -0.25) is 4.79 Å². The van der Waals surface area contributed by atoms with Gasteiger partial charge in [-0.15, -0.1) is 0 Å². The molecule has 0 atom stereocenters. The van der Waals surface area contributed by atoms with Gasteiger partial charge < -0.3 is 9.72 Å². The molecular weight excluding hydrogens is 262 g/mol. The molecule has 4 heteroatoms. The van der Waals surface area contributed by atoms with Crippen molar-refractivity contribution in [1.29, 1.82) is 0 Å². The fraction of sp³-hybridized carbons (Fsp3) is 0.176. The molecule has 0 aliphatic heterocycles. The van der Waals surface area contributed by atoms with Crippen molar-refractivity contribution in [2.24, 2.45) is 0 Å². The van der Waals surface area contributed by atoms with E-state index >= 15 is 0 Å². The number of aryl methyl sites for hydroxylation is 2. The van der Waals surface area contributed by atoms with Crippen LogP contribution in [0.5, 0.6) is 0 Å². The van der Waals surface area contributed by atoms with E-state index in [1.165, 1.54) is 0 Å². The van der Waals surface area contributed by atoms with Crippen LogP contribution in [-0.4, -0.2) is 15.3 Å². The quantitative estimate of drug-likeness (QED) is 0.780. The Labute approximate surface area is 123 Å². The molecular formula is C17H17N3O. The van der Waals surface area contributed by atoms with Gasteiger partial charge in [0.1, 0.15) is 5.65 Å². The van der Waals surface area contributed by atoms with Crippen molar-refractivity contribution in [2.45, 2.75) is 20.8 Å². The van der Waals surface area contributed by atoms with E-state index in [1.807, 2.05) is 55.8 Å². The van der Waals surface area contributed by atoms with Crippen LogP contribution in [0.15, 0.2) is 42.7 Å². The molecule has 0 unspecified atom stereocenters. The fourth-order valence-electron chi connectivity index (χ4n) is 2.33. The summed E-state index contributed by atoms with van der Waals surface area (Å²) in [6.07, 6.45) is 3.79. The highest BCUT2D eigenvalue weighted by Gasteiger charge is 2.10. The lowest BCUT2D eigenvalue weighted by Crippen LogP contribution is -2.13. The minimum absolute atomic E-state index is 0.119. The molecule has 1 amide bonds. The molecule has 0 fully saturated rings. The molecule has 21 heavy (non-hydrogen) atoms. The van der Waals surface area contributed by atoms with Crippen LogP contribution < -0.4 is 5.32 Å². The number of anilines is 1. The number of imidazole rings is 1. The van der Waals surface area contributed by atoms with Gasteiger partial charge in [-0.2, -0.15) is 0 Å². The Kier molecular flexibility index (Phi) is 3.22. The first-order valence-corrected chi connectivity index (χ1v) is 6.87. The van der Waals surface area contributed by atoms with Crippen LogP contribution in [0.3, 0.4) is 0 Å². The van der Waals surface area contributed by atoms with E-state index in [2.05, 4.69) is 10.3 Å². The maximum atomic E-state index is 12.4. The third kappa shape index (κ3) is 2.52. The molecule has 106 valence electrons. The first-order chi connectivity index (χ1) is 10.0. The SMILES string of the molecule is Cc1cn2ccc(C(=O)Nc3cccc(C)c3C)cc2n1. The smallest absolute Gasteiger partial charge is 0.255 e. The molecule has 0 saturated heterocycles. The highest BCUT2D eigenvalue weighted by molar-refractivity contribution is 6.05. The number of fused-ring (bicyclic) bond motifs is 1. The summed E-state index contributed by atoms with van der Waals surface area (Å²) in [5, 5.41) is 2.96. The summed E-state index contributed by atoms with van der Waals surface area (Å²) >= 11 is 0. The van der Waals surface area contributed by atoms with Crippen LogP contribution in [0.25, 0.3) is 5.65 Å². The minimum atomic E-state index is -0.119. The number of amides is 1. The topological polar surface area (TPSA) is 46.4 Å². The highest BCUT2D eigenvalue weighted by Crippen LogP contribution is 2.19. The predicted octanol–water partition coefficient (Wildman–Crippen LogP) is 3.51. The van der Waals surface area contributed by atoms with Crippen molar-refractivity contribution < 1.29 is 4.79 Å². The van der Waals surface area contributed by atoms with Crippen molar-refractivity contribution >= 4 is 17.2 Å². The molecule has 0 bridgehead atoms. The third-order valence-corrected chi connectivity index (χ3v) is 3.70. The molecule has 1 aromatic carbocycles. The number of rotatable bonds is 2. The van der Waals surface area contributed by atoms with Crippen LogP contribution in [0.1, 0.15) is 27.2 Å². The second kappa shape index (κ2) is 5.05. The molecule has 0 aliphatic rings. The van der Waals surface area contributed by atoms with Crippen LogP contribution in [0, 0.1) is 20.8 Å². The summed E-state index contributed by atoms with van der Waals surface area (Å²) in [5.74, 6) is -0.119. The zero-order valence-electron chi connectivity index (χ0n) is 12.3. The molecule has 0 aliphatic carbocycles. The Morgan fingerprint density at radius 1 is 1.19 bits per heavy atom. The van der Waals surface area contributed by atoms with Crippen molar-refractivity contribution in [3.05, 3.63) is 65.1 Å². The van der Waals surface area contributed by atoms with E-state index in [0.717, 1.165) is 28.2 Å². The molecule has 1 N–H and O–H groups in total. The number of aromatic nitrogens is 2. The van der Waals surface area contributed by atoms with Crippen molar-refractivity contribution in [3.8, 4) is 0 Å². The Hall–Kier alpha value is -2.62. The molecule has 2 heterocycles. The Bertz CT molecular complexity index is 833. The molecule has 3 rings (SSSR count). The normalized spacial score (nSPS) is 10.8. The van der Waals surface area contributed by atoms with Gasteiger partial charge in [-0.05, 0) is 50.1 Å². The lowest BCUT2D eigenvalue weighted by Gasteiger charge is -2.10. The van der Waals surface area contributed by atoms with E-state index in [0.29, 0.717) is 5.56 Å². The lowest BCUT2D eigenvalue weighted by molar-refractivity contribution is 0.102. The average molecular weight is 279 g/mol. The van der Waals surface area contributed by atoms with Gasteiger partial charge in [-0.25, -0.2) is 4.98 Å². The lowest BCUT2D eigenvalue weighted by atomic mass is 10.1. The van der Waals surface area contributed by atoms with Crippen molar-refractivity contribution in [3.63, 3.8) is 0 Å². The van der Waals surface area contributed by atoms with Gasteiger partial charge in [0.15, 0.2) is 0 Å². The van der Waals surface area contributed by atoms with Gasteiger partial charge in [0.05, 0.1) is 5.69 Å². The standard InChI is InChI=1S/C17H17N3O/c1-11-5-4-6-15(13(11)3)19-17(21)14-7-8-20-10-12(2)18-16(20)9-14/h4-10H,1-3H3,(H,19,21). The van der Waals surface area contributed by atoms with Gasteiger partial charge in [0, 0.05) is 23.6 Å². The molecule has 3 aromatic rings. The number of pyridine rings is 1. The van der Waals surface area contributed by atoms with E-state index < -0.39 is 0 Å². The summed E-state index contributed by atoms with van der Waals surface area (Å²) in [4.78, 5) is 16.8. The first-order valence-electron chi connectivity index (χ1n) is 6.87. The molecule has 0 spiro atoms. The zero-order valence-corrected chi connectivity index (χ0v) is 12.3. The van der Waals surface area contributed by atoms with Crippen molar-refractivity contribution in [2.75, 3.05) is 5.32 Å². The average Bonchev–Trinajstić information content (AvgIpc) is 2.82. The van der Waals surface area contributed by atoms with Crippen LogP contribution >= 0.6 is 0 Å². The summed E-state index contributed by atoms with van der Waals surface area (Å²) in [7, 11) is 0. The van der Waals surface area contributed by atoms with Gasteiger partial charge in [0.25, 0.3) is 5.91 Å². The molecule has 2 aromatic heterocycles. The highest BCUT2D eigenvalue weighted by atomic mass is 16.1. The second-order valence-electron chi connectivity index (χ2n) is 5.26. The second-order valence-corrected chi connectivity index (χ2v) is 5.26. The fourth-order valence-corrected chi connectivity index (χ4v) is 2.33. The van der Waals surface area contributed by atoms with Gasteiger partial charge >= 0.3 is 0 Å². The number of nitrogens with one attached hydrogen (secondary N) is 1. The largest absolute Gasteiger partial charge is 0.322 e. The summed E-state index contributed by atoms with van der Waals surface area (Å²) < 4.78 is 1.91. The number of carbonyl (C=O) groups excluding carboxylic acids is 1. The Balaban J connectivity index is 1.91. The zero-order chi connectivity index (χ0) is 15.0. The van der Waals surface area contributed by atoms with Crippen LogP contribution in [-0.2, 0) is 0 Å². The van der Waals surface area contributed by atoms with E-state index in [4.69, 9.17) is 0 Å². The van der Waals surface area contributed by atoms with Crippen LogP contribution in [0.4, 0.5) is 5.69 Å². The molecule has 0 saturated carbocycles. The summed E-state index contributed by atoms with van der Waals surface area (Å²) in [6, 6.07) is 9.49. The molecule has 0 radical (unpaired) electrons. The Morgan fingerprint density at radius 2 is 2.00 bits per heavy atom. The number of carbonyl (C=O) groups is 1. The monoisotopic (exact) mass is 279 g/mol. The number of hydrogen-bond donors (Lipinski definition) is 1. The van der Waals surface area contributed by atoms with E-state index in [9.17, 15) is 4.79 Å². The van der Waals surface area contributed by atoms with E-state index in [-0.39, 0.29) is 5.91 Å². The maximum Gasteiger partial charge on any atom is 0.255 e. The predicted molar refractivity (Wildman–Crippen MR) is 83.8 cm³/mol. The van der Waals surface area contributed by atoms with Gasteiger partial charge in [-0.1, -0.05) is 12.1 Å².